The van der Waals surface area contributed by atoms with E-state index in [4.69, 9.17) is 4.74 Å². The molecule has 4 aliphatic heterocycles. The van der Waals surface area contributed by atoms with Gasteiger partial charge in [-0.1, -0.05) is 61.5 Å². The molecule has 2 saturated heterocycles. The summed E-state index contributed by atoms with van der Waals surface area (Å²) in [5.74, 6) is -1.04. The van der Waals surface area contributed by atoms with Gasteiger partial charge in [-0.3, -0.25) is 14.4 Å². The van der Waals surface area contributed by atoms with Gasteiger partial charge in [0.15, 0.2) is 5.60 Å². The van der Waals surface area contributed by atoms with Gasteiger partial charge in [0.1, 0.15) is 0 Å². The van der Waals surface area contributed by atoms with Gasteiger partial charge in [0, 0.05) is 35.8 Å². The van der Waals surface area contributed by atoms with E-state index in [1.807, 2.05) is 79.7 Å². The highest BCUT2D eigenvalue weighted by molar-refractivity contribution is 6.72. The summed E-state index contributed by atoms with van der Waals surface area (Å²) in [5.41, 5.74) is 3.08. The number of piperidine rings is 1. The van der Waals surface area contributed by atoms with E-state index in [1.54, 1.807) is 22.9 Å². The lowest BCUT2D eigenvalue weighted by atomic mass is 9.82. The molecule has 1 unspecified atom stereocenters. The monoisotopic (exact) mass is 698 g/mol. The van der Waals surface area contributed by atoms with Crippen LogP contribution in [-0.4, -0.2) is 68.0 Å². The summed E-state index contributed by atoms with van der Waals surface area (Å²) in [6.07, 6.45) is 1.51. The maximum absolute atomic E-state index is 16.4. The maximum Gasteiger partial charge on any atom is 0.264 e. The molecule has 1 spiro atoms. The van der Waals surface area contributed by atoms with E-state index < -0.39 is 31.6 Å². The van der Waals surface area contributed by atoms with E-state index in [0.29, 0.717) is 36.4 Å². The first-order valence-electron chi connectivity index (χ1n) is 17.9. The number of ether oxygens (including phenoxy) is 1. The SMILES string of the molecule is C[C@H]1[C@H]([Si](C)(C)F)[C@@H](CC(=O)N2Cc3ccccc3C[C@H]2CO)O[C@]12C(=O)N(Cc1ccc(NC(=O)C3CCCNC3)cc1)c1ccccc12. The van der Waals surface area contributed by atoms with Gasteiger partial charge < -0.3 is 34.4 Å². The predicted octanol–water partition coefficient (Wildman–Crippen LogP) is 5.28. The smallest absolute Gasteiger partial charge is 0.264 e. The number of para-hydroxylation sites is 1. The largest absolute Gasteiger partial charge is 0.394 e. The van der Waals surface area contributed by atoms with E-state index in [2.05, 4.69) is 10.6 Å². The second-order valence-corrected chi connectivity index (χ2v) is 18.7. The lowest BCUT2D eigenvalue weighted by Gasteiger charge is -2.37. The third-order valence-electron chi connectivity index (χ3n) is 11.4. The molecule has 6 atom stereocenters. The third-order valence-corrected chi connectivity index (χ3v) is 13.8. The van der Waals surface area contributed by atoms with Crippen LogP contribution in [0.2, 0.25) is 18.6 Å². The van der Waals surface area contributed by atoms with Crippen LogP contribution in [0, 0.1) is 11.8 Å². The highest BCUT2D eigenvalue weighted by atomic mass is 28.4. The minimum Gasteiger partial charge on any atom is -0.394 e. The number of carbonyl (C=O) groups excluding carboxylic acids is 3. The summed E-state index contributed by atoms with van der Waals surface area (Å²) in [5, 5.41) is 16.5. The standard InChI is InChI=1S/C39H47FN4O5Si/c1-25-36(50(2,3)40)34(20-35(46)43-23-29-10-5-4-9-27(29)19-31(43)24-45)49-39(25)32-12-6-7-13-33(32)44(38(39)48)22-26-14-16-30(17-15-26)42-37(47)28-11-8-18-41-21-28/h4-7,9-10,12-17,25,28,31,34,36,41,45H,8,11,18-24H2,1-3H3,(H,42,47)/t25-,28?,31-,34+,36-,39+/m0/s1. The van der Waals surface area contributed by atoms with Crippen molar-refractivity contribution in [3.63, 3.8) is 0 Å². The molecule has 50 heavy (non-hydrogen) atoms. The lowest BCUT2D eigenvalue weighted by molar-refractivity contribution is -0.151. The molecule has 3 N–H and O–H groups in total. The summed E-state index contributed by atoms with van der Waals surface area (Å²) in [4.78, 5) is 44.9. The second-order valence-electron chi connectivity index (χ2n) is 14.9. The van der Waals surface area contributed by atoms with Gasteiger partial charge in [-0.2, -0.15) is 0 Å². The van der Waals surface area contributed by atoms with Gasteiger partial charge in [0.25, 0.3) is 5.91 Å². The quantitative estimate of drug-likeness (QED) is 0.218. The third kappa shape index (κ3) is 6.18. The molecule has 264 valence electrons. The zero-order valence-corrected chi connectivity index (χ0v) is 30.0. The fourth-order valence-electron chi connectivity index (χ4n) is 8.89. The molecule has 0 saturated carbocycles. The van der Waals surface area contributed by atoms with Gasteiger partial charge in [-0.25, -0.2) is 0 Å². The number of hydrogen-bond donors (Lipinski definition) is 3. The van der Waals surface area contributed by atoms with Crippen molar-refractivity contribution in [2.45, 2.75) is 82.1 Å². The first-order valence-corrected chi connectivity index (χ1v) is 20.8. The lowest BCUT2D eigenvalue weighted by Crippen LogP contribution is -2.48. The first kappa shape index (κ1) is 34.5. The minimum atomic E-state index is -3.48. The Balaban J connectivity index is 1.13. The van der Waals surface area contributed by atoms with E-state index >= 15 is 4.11 Å². The Kier molecular flexibility index (Phi) is 9.44. The van der Waals surface area contributed by atoms with Crippen molar-refractivity contribution in [2.75, 3.05) is 29.9 Å². The van der Waals surface area contributed by atoms with Crippen molar-refractivity contribution < 1.29 is 28.3 Å². The molecule has 3 aromatic rings. The Labute approximate surface area is 294 Å². The van der Waals surface area contributed by atoms with Crippen molar-refractivity contribution >= 4 is 37.5 Å². The van der Waals surface area contributed by atoms with Crippen molar-refractivity contribution in [3.8, 4) is 0 Å². The van der Waals surface area contributed by atoms with Crippen molar-refractivity contribution in [2.24, 2.45) is 11.8 Å². The Morgan fingerprint density at radius 1 is 1.06 bits per heavy atom. The Morgan fingerprint density at radius 3 is 2.48 bits per heavy atom. The Bertz CT molecular complexity index is 1760. The summed E-state index contributed by atoms with van der Waals surface area (Å²) >= 11 is 0. The van der Waals surface area contributed by atoms with Crippen LogP contribution in [0.4, 0.5) is 15.5 Å². The normalized spacial score (nSPS) is 27.7. The van der Waals surface area contributed by atoms with Crippen LogP contribution >= 0.6 is 0 Å². The van der Waals surface area contributed by atoms with Gasteiger partial charge in [0.05, 0.1) is 43.3 Å². The second kappa shape index (κ2) is 13.7. The Morgan fingerprint density at radius 2 is 1.78 bits per heavy atom. The molecular formula is C39H47FN4O5Si. The molecule has 0 aliphatic carbocycles. The molecule has 7 rings (SSSR count). The summed E-state index contributed by atoms with van der Waals surface area (Å²) in [6.45, 7) is 7.24. The fraction of sp³-hybridized carbons (Fsp3) is 0.462. The zero-order valence-electron chi connectivity index (χ0n) is 29.0. The molecule has 4 heterocycles. The van der Waals surface area contributed by atoms with Crippen molar-refractivity contribution in [1.29, 1.82) is 0 Å². The number of aliphatic hydroxyl groups excluding tert-OH is 1. The molecule has 0 bridgehead atoms. The molecule has 3 aromatic carbocycles. The topological polar surface area (TPSA) is 111 Å². The molecular weight excluding hydrogens is 652 g/mol. The van der Waals surface area contributed by atoms with Crippen LogP contribution < -0.4 is 15.5 Å². The number of aliphatic hydroxyl groups is 1. The molecule has 4 aliphatic rings. The summed E-state index contributed by atoms with van der Waals surface area (Å²) < 4.78 is 23.2. The number of nitrogens with one attached hydrogen (secondary N) is 2. The number of benzene rings is 3. The first-order chi connectivity index (χ1) is 24.0. The highest BCUT2D eigenvalue weighted by Crippen LogP contribution is 2.60. The zero-order chi connectivity index (χ0) is 35.2. The minimum absolute atomic E-state index is 0.00169. The average Bonchev–Trinajstić information content (AvgIpc) is 3.54. The van der Waals surface area contributed by atoms with Crippen molar-refractivity contribution in [3.05, 3.63) is 95.1 Å². The van der Waals surface area contributed by atoms with Crippen LogP contribution in [0.1, 0.15) is 48.4 Å². The number of fused-ring (bicyclic) bond motifs is 3. The van der Waals surface area contributed by atoms with E-state index in [0.717, 1.165) is 36.1 Å². The number of anilines is 2. The molecule has 0 radical (unpaired) electrons. The molecule has 3 amide bonds. The van der Waals surface area contributed by atoms with Crippen LogP contribution in [0.3, 0.4) is 0 Å². The predicted molar refractivity (Wildman–Crippen MR) is 193 cm³/mol. The Hall–Kier alpha value is -3.90. The van der Waals surface area contributed by atoms with Crippen LogP contribution in [-0.2, 0) is 44.2 Å². The van der Waals surface area contributed by atoms with Gasteiger partial charge in [-0.15, -0.1) is 0 Å². The number of amides is 3. The summed E-state index contributed by atoms with van der Waals surface area (Å²) in [6, 6.07) is 22.6. The molecule has 9 nitrogen and oxygen atoms in total. The molecule has 0 aromatic heterocycles. The number of carbonyl (C=O) groups is 3. The van der Waals surface area contributed by atoms with Crippen LogP contribution in [0.5, 0.6) is 0 Å². The van der Waals surface area contributed by atoms with E-state index in [-0.39, 0.29) is 49.3 Å². The van der Waals surface area contributed by atoms with E-state index in [1.165, 1.54) is 0 Å². The van der Waals surface area contributed by atoms with Crippen molar-refractivity contribution in [1.82, 2.24) is 10.2 Å². The average molecular weight is 699 g/mol. The van der Waals surface area contributed by atoms with Gasteiger partial charge >= 0.3 is 0 Å². The fourth-order valence-corrected chi connectivity index (χ4v) is 11.4. The number of rotatable bonds is 8. The number of nitrogens with zero attached hydrogens (tertiary/aromatic N) is 2. The number of hydrogen-bond acceptors (Lipinski definition) is 6. The molecule has 11 heteroatoms. The van der Waals surface area contributed by atoms with Crippen LogP contribution in [0.15, 0.2) is 72.8 Å². The van der Waals surface area contributed by atoms with E-state index in [9.17, 15) is 19.5 Å². The van der Waals surface area contributed by atoms with Gasteiger partial charge in [0.2, 0.25) is 20.2 Å². The summed E-state index contributed by atoms with van der Waals surface area (Å²) in [7, 11) is -3.48. The highest BCUT2D eigenvalue weighted by Gasteiger charge is 2.67. The molecule has 2 fully saturated rings. The van der Waals surface area contributed by atoms with Crippen LogP contribution in [0.25, 0.3) is 0 Å². The van der Waals surface area contributed by atoms with Gasteiger partial charge in [-0.05, 0) is 73.8 Å². The number of halogens is 1. The maximum atomic E-state index is 16.4.